The molecule has 1 heterocycles. The SMILES string of the molecule is COc1ccc(OC)c(CNC(=O)c2ccccc2NC(=O)C2=C(C)OCCS2)c1. The van der Waals surface area contributed by atoms with Crippen LogP contribution in [0.25, 0.3) is 0 Å². The Bertz CT molecular complexity index is 974. The quantitative estimate of drug-likeness (QED) is 0.701. The van der Waals surface area contributed by atoms with E-state index in [-0.39, 0.29) is 18.4 Å². The second-order valence-corrected chi connectivity index (χ2v) is 7.55. The van der Waals surface area contributed by atoms with Crippen LogP contribution < -0.4 is 20.1 Å². The average Bonchev–Trinajstić information content (AvgIpc) is 2.77. The molecule has 0 saturated heterocycles. The van der Waals surface area contributed by atoms with Crippen molar-refractivity contribution in [3.05, 3.63) is 64.3 Å². The zero-order valence-electron chi connectivity index (χ0n) is 17.1. The van der Waals surface area contributed by atoms with Crippen LogP contribution in [0.1, 0.15) is 22.8 Å². The fourth-order valence-corrected chi connectivity index (χ4v) is 3.81. The van der Waals surface area contributed by atoms with Gasteiger partial charge in [-0.3, -0.25) is 9.59 Å². The molecule has 2 aromatic carbocycles. The molecule has 3 rings (SSSR count). The van der Waals surface area contributed by atoms with Gasteiger partial charge in [-0.25, -0.2) is 0 Å². The number of carbonyl (C=O) groups excluding carboxylic acids is 2. The number of allylic oxidation sites excluding steroid dienone is 1. The predicted molar refractivity (Wildman–Crippen MR) is 117 cm³/mol. The van der Waals surface area contributed by atoms with E-state index >= 15 is 0 Å². The Morgan fingerprint density at radius 1 is 1.10 bits per heavy atom. The van der Waals surface area contributed by atoms with Crippen molar-refractivity contribution in [1.82, 2.24) is 5.32 Å². The highest BCUT2D eigenvalue weighted by atomic mass is 32.2. The summed E-state index contributed by atoms with van der Waals surface area (Å²) in [5, 5.41) is 5.70. The van der Waals surface area contributed by atoms with Crippen LogP contribution in [0.4, 0.5) is 5.69 Å². The number of nitrogens with one attached hydrogen (secondary N) is 2. The van der Waals surface area contributed by atoms with Gasteiger partial charge >= 0.3 is 0 Å². The number of amides is 2. The molecule has 1 aliphatic rings. The van der Waals surface area contributed by atoms with Crippen LogP contribution in [0, 0.1) is 0 Å². The van der Waals surface area contributed by atoms with Crippen LogP contribution >= 0.6 is 11.8 Å². The van der Waals surface area contributed by atoms with E-state index in [1.54, 1.807) is 57.5 Å². The van der Waals surface area contributed by atoms with Gasteiger partial charge in [0, 0.05) is 17.9 Å². The molecule has 30 heavy (non-hydrogen) atoms. The van der Waals surface area contributed by atoms with Crippen LogP contribution in [-0.4, -0.2) is 38.4 Å². The van der Waals surface area contributed by atoms with E-state index in [0.717, 1.165) is 5.56 Å². The van der Waals surface area contributed by atoms with E-state index < -0.39 is 0 Å². The molecule has 0 aliphatic carbocycles. The molecule has 0 bridgehead atoms. The second kappa shape index (κ2) is 10.1. The number of ether oxygens (including phenoxy) is 3. The summed E-state index contributed by atoms with van der Waals surface area (Å²) in [4.78, 5) is 26.0. The van der Waals surface area contributed by atoms with Crippen molar-refractivity contribution >= 4 is 29.3 Å². The van der Waals surface area contributed by atoms with E-state index in [4.69, 9.17) is 14.2 Å². The number of para-hydroxylation sites is 1. The monoisotopic (exact) mass is 428 g/mol. The van der Waals surface area contributed by atoms with Crippen molar-refractivity contribution in [2.24, 2.45) is 0 Å². The van der Waals surface area contributed by atoms with Gasteiger partial charge in [0.1, 0.15) is 22.2 Å². The molecule has 2 aromatic rings. The van der Waals surface area contributed by atoms with Gasteiger partial charge in [-0.2, -0.15) is 0 Å². The number of thioether (sulfide) groups is 1. The Kier molecular flexibility index (Phi) is 7.24. The van der Waals surface area contributed by atoms with E-state index in [2.05, 4.69) is 10.6 Å². The van der Waals surface area contributed by atoms with Crippen LogP contribution in [0.15, 0.2) is 53.1 Å². The summed E-state index contributed by atoms with van der Waals surface area (Å²) in [6.07, 6.45) is 0. The molecule has 8 heteroatoms. The first kappa shape index (κ1) is 21.6. The number of hydrogen-bond donors (Lipinski definition) is 2. The number of benzene rings is 2. The molecule has 1 aliphatic heterocycles. The van der Waals surface area contributed by atoms with Crippen LogP contribution in [0.5, 0.6) is 11.5 Å². The molecular weight excluding hydrogens is 404 g/mol. The molecule has 0 atom stereocenters. The van der Waals surface area contributed by atoms with Crippen molar-refractivity contribution in [3.63, 3.8) is 0 Å². The Labute approximate surface area is 179 Å². The molecule has 7 nitrogen and oxygen atoms in total. The first-order valence-electron chi connectivity index (χ1n) is 9.39. The third-order valence-electron chi connectivity index (χ3n) is 4.52. The minimum atomic E-state index is -0.311. The average molecular weight is 429 g/mol. The minimum Gasteiger partial charge on any atom is -0.497 e. The van der Waals surface area contributed by atoms with Gasteiger partial charge < -0.3 is 24.8 Å². The van der Waals surface area contributed by atoms with Crippen LogP contribution in [0.2, 0.25) is 0 Å². The first-order valence-corrected chi connectivity index (χ1v) is 10.4. The normalized spacial score (nSPS) is 13.3. The Hall–Kier alpha value is -3.13. The number of methoxy groups -OCH3 is 2. The lowest BCUT2D eigenvalue weighted by molar-refractivity contribution is -0.112. The maximum atomic E-state index is 12.8. The van der Waals surface area contributed by atoms with Gasteiger partial charge in [0.25, 0.3) is 11.8 Å². The number of hydrogen-bond acceptors (Lipinski definition) is 6. The van der Waals surface area contributed by atoms with E-state index in [0.29, 0.717) is 45.8 Å². The molecule has 0 fully saturated rings. The van der Waals surface area contributed by atoms with Gasteiger partial charge in [-0.15, -0.1) is 11.8 Å². The zero-order chi connectivity index (χ0) is 21.5. The lowest BCUT2D eigenvalue weighted by atomic mass is 10.1. The third-order valence-corrected chi connectivity index (χ3v) is 5.65. The maximum Gasteiger partial charge on any atom is 0.265 e. The first-order chi connectivity index (χ1) is 14.5. The van der Waals surface area contributed by atoms with Crippen molar-refractivity contribution < 1.29 is 23.8 Å². The molecule has 0 spiro atoms. The smallest absolute Gasteiger partial charge is 0.265 e. The van der Waals surface area contributed by atoms with Crippen molar-refractivity contribution in [2.45, 2.75) is 13.5 Å². The molecule has 0 saturated carbocycles. The molecule has 158 valence electrons. The summed E-state index contributed by atoms with van der Waals surface area (Å²) in [7, 11) is 3.15. The van der Waals surface area contributed by atoms with Crippen molar-refractivity contribution in [3.8, 4) is 11.5 Å². The van der Waals surface area contributed by atoms with Crippen molar-refractivity contribution in [1.29, 1.82) is 0 Å². The van der Waals surface area contributed by atoms with Gasteiger partial charge in [-0.1, -0.05) is 12.1 Å². The zero-order valence-corrected chi connectivity index (χ0v) is 17.9. The van der Waals surface area contributed by atoms with Crippen molar-refractivity contribution in [2.75, 3.05) is 31.9 Å². The van der Waals surface area contributed by atoms with E-state index in [1.807, 2.05) is 6.07 Å². The molecule has 0 aromatic heterocycles. The molecular formula is C22H24N2O5S. The summed E-state index contributed by atoms with van der Waals surface area (Å²) >= 11 is 1.44. The van der Waals surface area contributed by atoms with Crippen LogP contribution in [0.3, 0.4) is 0 Å². The standard InChI is InChI=1S/C22H24N2O5S/c1-14-20(30-11-10-29-14)22(26)24-18-7-5-4-6-17(18)21(25)23-13-15-12-16(27-2)8-9-19(15)28-3/h4-9,12H,10-11,13H2,1-3H3,(H,23,25)(H,24,26). The number of carbonyl (C=O) groups is 2. The third kappa shape index (κ3) is 5.07. The summed E-state index contributed by atoms with van der Waals surface area (Å²) in [5.74, 6) is 2.03. The minimum absolute atomic E-state index is 0.245. The second-order valence-electron chi connectivity index (χ2n) is 6.44. The predicted octanol–water partition coefficient (Wildman–Crippen LogP) is 3.57. The summed E-state index contributed by atoms with van der Waals surface area (Å²) in [6, 6.07) is 12.3. The van der Waals surface area contributed by atoms with Crippen LogP contribution in [-0.2, 0) is 16.1 Å². The molecule has 0 unspecified atom stereocenters. The highest BCUT2D eigenvalue weighted by Gasteiger charge is 2.21. The largest absolute Gasteiger partial charge is 0.497 e. The van der Waals surface area contributed by atoms with E-state index in [9.17, 15) is 9.59 Å². The lowest BCUT2D eigenvalue weighted by Gasteiger charge is -2.18. The molecule has 0 radical (unpaired) electrons. The highest BCUT2D eigenvalue weighted by Crippen LogP contribution is 2.28. The summed E-state index contributed by atoms with van der Waals surface area (Å²) in [6.45, 7) is 2.59. The Morgan fingerprint density at radius 3 is 2.63 bits per heavy atom. The van der Waals surface area contributed by atoms with E-state index in [1.165, 1.54) is 11.8 Å². The molecule has 2 N–H and O–H groups in total. The van der Waals surface area contributed by atoms with Gasteiger partial charge in [0.2, 0.25) is 0 Å². The molecule has 2 amide bonds. The Morgan fingerprint density at radius 2 is 1.90 bits per heavy atom. The fourth-order valence-electron chi connectivity index (χ4n) is 2.99. The Balaban J connectivity index is 1.74. The van der Waals surface area contributed by atoms with Gasteiger partial charge in [-0.05, 0) is 37.3 Å². The fraction of sp³-hybridized carbons (Fsp3) is 0.273. The number of anilines is 1. The lowest BCUT2D eigenvalue weighted by Crippen LogP contribution is -2.25. The maximum absolute atomic E-state index is 12.8. The highest BCUT2D eigenvalue weighted by molar-refractivity contribution is 8.04. The van der Waals surface area contributed by atoms with Gasteiger partial charge in [0.05, 0.1) is 32.1 Å². The van der Waals surface area contributed by atoms with Gasteiger partial charge in [0.15, 0.2) is 0 Å². The topological polar surface area (TPSA) is 85.9 Å². The summed E-state index contributed by atoms with van der Waals surface area (Å²) < 4.78 is 16.0. The summed E-state index contributed by atoms with van der Waals surface area (Å²) in [5.41, 5.74) is 1.58. The number of rotatable bonds is 7.